The van der Waals surface area contributed by atoms with Crippen LogP contribution in [0.4, 0.5) is 0 Å². The third-order valence-corrected chi connectivity index (χ3v) is 3.82. The standard InChI is InChI=1S/C17H16N2O2S/c1-4-7-21-15-6-5-13(9-16(15)20-3)8-14(10-18)17-19-12(2)11-22-17/h4-6,8-9,11H,1,7H2,2-3H3/b14-8-. The zero-order valence-electron chi connectivity index (χ0n) is 12.5. The number of aryl methyl sites for hydroxylation is 1. The molecule has 0 atom stereocenters. The van der Waals surface area contributed by atoms with Gasteiger partial charge in [-0.05, 0) is 30.7 Å². The molecule has 0 bridgehead atoms. The lowest BCUT2D eigenvalue weighted by molar-refractivity contribution is 0.326. The number of hydrogen-bond acceptors (Lipinski definition) is 5. The van der Waals surface area contributed by atoms with E-state index in [1.54, 1.807) is 19.3 Å². The largest absolute Gasteiger partial charge is 0.493 e. The second-order valence-electron chi connectivity index (χ2n) is 4.47. The number of hydrogen-bond donors (Lipinski definition) is 0. The number of thiazole rings is 1. The molecule has 1 aromatic heterocycles. The van der Waals surface area contributed by atoms with Crippen LogP contribution in [0.2, 0.25) is 0 Å². The summed E-state index contributed by atoms with van der Waals surface area (Å²) in [4.78, 5) is 4.34. The van der Waals surface area contributed by atoms with Crippen molar-refractivity contribution in [1.82, 2.24) is 4.98 Å². The zero-order chi connectivity index (χ0) is 15.9. The molecule has 0 spiro atoms. The van der Waals surface area contributed by atoms with E-state index in [4.69, 9.17) is 9.47 Å². The third kappa shape index (κ3) is 3.74. The number of benzene rings is 1. The quantitative estimate of drug-likeness (QED) is 0.595. The topological polar surface area (TPSA) is 55.1 Å². The van der Waals surface area contributed by atoms with Crippen molar-refractivity contribution in [3.05, 3.63) is 52.5 Å². The van der Waals surface area contributed by atoms with Crippen molar-refractivity contribution in [3.63, 3.8) is 0 Å². The first-order chi connectivity index (χ1) is 10.7. The molecular weight excluding hydrogens is 296 g/mol. The molecule has 22 heavy (non-hydrogen) atoms. The molecule has 1 heterocycles. The fourth-order valence-electron chi connectivity index (χ4n) is 1.83. The average Bonchev–Trinajstić information content (AvgIpc) is 2.97. The Kier molecular flexibility index (Phi) is 5.34. The Bertz CT molecular complexity index is 741. The Morgan fingerprint density at radius 2 is 2.27 bits per heavy atom. The Hall–Kier alpha value is -2.58. The first-order valence-electron chi connectivity index (χ1n) is 6.64. The lowest BCUT2D eigenvalue weighted by atomic mass is 10.1. The molecule has 0 aliphatic rings. The molecule has 0 fully saturated rings. The third-order valence-electron chi connectivity index (χ3n) is 2.83. The molecule has 4 nitrogen and oxygen atoms in total. The molecule has 5 heteroatoms. The van der Waals surface area contributed by atoms with Gasteiger partial charge in [0.05, 0.1) is 12.7 Å². The minimum Gasteiger partial charge on any atom is -0.493 e. The molecule has 0 radical (unpaired) electrons. The lowest BCUT2D eigenvalue weighted by Gasteiger charge is -2.09. The Labute approximate surface area is 134 Å². The predicted molar refractivity (Wildman–Crippen MR) is 89.0 cm³/mol. The number of ether oxygens (including phenoxy) is 2. The maximum Gasteiger partial charge on any atom is 0.161 e. The van der Waals surface area contributed by atoms with Crippen molar-refractivity contribution in [1.29, 1.82) is 5.26 Å². The van der Waals surface area contributed by atoms with Gasteiger partial charge in [-0.2, -0.15) is 5.26 Å². The summed E-state index contributed by atoms with van der Waals surface area (Å²) in [6, 6.07) is 7.71. The SMILES string of the molecule is C=CCOc1ccc(/C=C(/C#N)c2nc(C)cs2)cc1OC. The molecule has 0 amide bonds. The zero-order valence-corrected chi connectivity index (χ0v) is 13.3. The van der Waals surface area contributed by atoms with E-state index < -0.39 is 0 Å². The Morgan fingerprint density at radius 3 is 2.86 bits per heavy atom. The van der Waals surface area contributed by atoms with Gasteiger partial charge in [0.25, 0.3) is 0 Å². The summed E-state index contributed by atoms with van der Waals surface area (Å²) in [5.74, 6) is 1.26. The van der Waals surface area contributed by atoms with Gasteiger partial charge < -0.3 is 9.47 Å². The van der Waals surface area contributed by atoms with Crippen LogP contribution in [0, 0.1) is 18.3 Å². The molecule has 112 valence electrons. The molecular formula is C17H16N2O2S. The fraction of sp³-hybridized carbons (Fsp3) is 0.176. The highest BCUT2D eigenvalue weighted by Gasteiger charge is 2.08. The molecule has 1 aromatic carbocycles. The highest BCUT2D eigenvalue weighted by molar-refractivity contribution is 7.11. The smallest absolute Gasteiger partial charge is 0.161 e. The number of allylic oxidation sites excluding steroid dienone is 1. The number of rotatable bonds is 6. The van der Waals surface area contributed by atoms with E-state index in [0.717, 1.165) is 11.3 Å². The van der Waals surface area contributed by atoms with Crippen LogP contribution in [-0.4, -0.2) is 18.7 Å². The fourth-order valence-corrected chi connectivity index (χ4v) is 2.59. The Balaban J connectivity index is 2.33. The molecule has 0 aliphatic carbocycles. The van der Waals surface area contributed by atoms with Gasteiger partial charge in [-0.15, -0.1) is 11.3 Å². The Morgan fingerprint density at radius 1 is 1.45 bits per heavy atom. The van der Waals surface area contributed by atoms with Gasteiger partial charge in [0.1, 0.15) is 17.7 Å². The minimum atomic E-state index is 0.410. The second kappa shape index (κ2) is 7.43. The van der Waals surface area contributed by atoms with Crippen molar-refractivity contribution in [2.24, 2.45) is 0 Å². The summed E-state index contributed by atoms with van der Waals surface area (Å²) in [6.07, 6.45) is 3.46. The van der Waals surface area contributed by atoms with E-state index in [2.05, 4.69) is 17.6 Å². The van der Waals surface area contributed by atoms with Crippen LogP contribution in [0.15, 0.2) is 36.2 Å². The highest BCUT2D eigenvalue weighted by atomic mass is 32.1. The molecule has 0 unspecified atom stereocenters. The van der Waals surface area contributed by atoms with Gasteiger partial charge in [0.15, 0.2) is 11.5 Å². The summed E-state index contributed by atoms with van der Waals surface area (Å²) >= 11 is 1.46. The van der Waals surface area contributed by atoms with Crippen molar-refractivity contribution < 1.29 is 9.47 Å². The van der Waals surface area contributed by atoms with E-state index in [-0.39, 0.29) is 0 Å². The number of nitrogens with zero attached hydrogens (tertiary/aromatic N) is 2. The number of nitriles is 1. The van der Waals surface area contributed by atoms with Crippen LogP contribution in [0.5, 0.6) is 11.5 Å². The van der Waals surface area contributed by atoms with E-state index >= 15 is 0 Å². The first-order valence-corrected chi connectivity index (χ1v) is 7.52. The summed E-state index contributed by atoms with van der Waals surface area (Å²) < 4.78 is 10.8. The molecule has 2 rings (SSSR count). The van der Waals surface area contributed by atoms with Crippen LogP contribution in [-0.2, 0) is 0 Å². The molecule has 2 aromatic rings. The van der Waals surface area contributed by atoms with Crippen molar-refractivity contribution in [2.45, 2.75) is 6.92 Å². The number of aromatic nitrogens is 1. The van der Waals surface area contributed by atoms with Gasteiger partial charge in [0.2, 0.25) is 0 Å². The first kappa shape index (κ1) is 15.8. The van der Waals surface area contributed by atoms with Crippen molar-refractivity contribution in [3.8, 4) is 17.6 Å². The van der Waals surface area contributed by atoms with Gasteiger partial charge >= 0.3 is 0 Å². The summed E-state index contributed by atoms with van der Waals surface area (Å²) in [7, 11) is 1.58. The highest BCUT2D eigenvalue weighted by Crippen LogP contribution is 2.30. The predicted octanol–water partition coefficient (Wildman–Crippen LogP) is 4.09. The van der Waals surface area contributed by atoms with E-state index in [1.807, 2.05) is 30.5 Å². The maximum atomic E-state index is 9.33. The average molecular weight is 312 g/mol. The van der Waals surface area contributed by atoms with Gasteiger partial charge in [0, 0.05) is 11.1 Å². The summed E-state index contributed by atoms with van der Waals surface area (Å²) in [5.41, 5.74) is 2.29. The van der Waals surface area contributed by atoms with Crippen molar-refractivity contribution >= 4 is 23.0 Å². The minimum absolute atomic E-state index is 0.410. The van der Waals surface area contributed by atoms with E-state index in [9.17, 15) is 5.26 Å². The number of methoxy groups -OCH3 is 1. The van der Waals surface area contributed by atoms with Crippen LogP contribution in [0.25, 0.3) is 11.6 Å². The van der Waals surface area contributed by atoms with E-state index in [0.29, 0.717) is 28.7 Å². The van der Waals surface area contributed by atoms with Crippen LogP contribution < -0.4 is 9.47 Å². The monoisotopic (exact) mass is 312 g/mol. The molecule has 0 saturated heterocycles. The van der Waals surface area contributed by atoms with Gasteiger partial charge in [-0.25, -0.2) is 4.98 Å². The maximum absolute atomic E-state index is 9.33. The molecule has 0 N–H and O–H groups in total. The van der Waals surface area contributed by atoms with Crippen LogP contribution >= 0.6 is 11.3 Å². The summed E-state index contributed by atoms with van der Waals surface area (Å²) in [5, 5.41) is 12.0. The second-order valence-corrected chi connectivity index (χ2v) is 5.33. The normalized spacial score (nSPS) is 10.9. The van der Waals surface area contributed by atoms with Gasteiger partial charge in [-0.3, -0.25) is 0 Å². The van der Waals surface area contributed by atoms with Gasteiger partial charge in [-0.1, -0.05) is 18.7 Å². The molecule has 0 saturated carbocycles. The summed E-state index contributed by atoms with van der Waals surface area (Å²) in [6.45, 7) is 5.93. The molecule has 0 aliphatic heterocycles. The lowest BCUT2D eigenvalue weighted by Crippen LogP contribution is -1.96. The van der Waals surface area contributed by atoms with Crippen LogP contribution in [0.1, 0.15) is 16.3 Å². The van der Waals surface area contributed by atoms with E-state index in [1.165, 1.54) is 11.3 Å². The van der Waals surface area contributed by atoms with Crippen molar-refractivity contribution in [2.75, 3.05) is 13.7 Å². The van der Waals surface area contributed by atoms with Crippen LogP contribution in [0.3, 0.4) is 0 Å².